The van der Waals surface area contributed by atoms with Gasteiger partial charge in [-0.1, -0.05) is 25.5 Å². The predicted molar refractivity (Wildman–Crippen MR) is 88.6 cm³/mol. The number of allylic oxidation sites excluding steroid dienone is 2. The van der Waals surface area contributed by atoms with Crippen LogP contribution in [0.2, 0.25) is 0 Å². The summed E-state index contributed by atoms with van der Waals surface area (Å²) in [7, 11) is 1.89. The lowest BCUT2D eigenvalue weighted by molar-refractivity contribution is -0.124. The van der Waals surface area contributed by atoms with Gasteiger partial charge in [-0.25, -0.2) is 0 Å². The molecule has 1 aromatic rings. The van der Waals surface area contributed by atoms with Gasteiger partial charge in [0.15, 0.2) is 0 Å². The van der Waals surface area contributed by atoms with Gasteiger partial charge in [0.1, 0.15) is 6.10 Å². The number of carbonyl (C=O) groups excluding carboxylic acids is 1. The van der Waals surface area contributed by atoms with Crippen LogP contribution in [0.5, 0.6) is 0 Å². The zero-order valence-electron chi connectivity index (χ0n) is 14.7. The first kappa shape index (κ1) is 16.2. The highest BCUT2D eigenvalue weighted by atomic mass is 16.5. The van der Waals surface area contributed by atoms with Crippen LogP contribution < -0.4 is 5.32 Å². The summed E-state index contributed by atoms with van der Waals surface area (Å²) in [6.07, 6.45) is 6.78. The zero-order chi connectivity index (χ0) is 16.8. The number of hydrogen-bond donors (Lipinski definition) is 1. The Morgan fingerprint density at radius 2 is 2.22 bits per heavy atom. The van der Waals surface area contributed by atoms with Crippen LogP contribution in [-0.2, 0) is 16.6 Å². The fraction of sp³-hybridized carbons (Fsp3) is 0.667. The van der Waals surface area contributed by atoms with E-state index in [1.54, 1.807) is 4.68 Å². The van der Waals surface area contributed by atoms with E-state index in [0.29, 0.717) is 12.5 Å². The first-order chi connectivity index (χ1) is 10.8. The molecule has 0 radical (unpaired) electrons. The molecule has 1 N–H and O–H groups in total. The molecule has 126 valence electrons. The summed E-state index contributed by atoms with van der Waals surface area (Å²) in [5.74, 6) is 0.557. The van der Waals surface area contributed by atoms with Crippen molar-refractivity contribution in [1.29, 1.82) is 0 Å². The molecule has 5 heteroatoms. The van der Waals surface area contributed by atoms with Crippen LogP contribution >= 0.6 is 0 Å². The van der Waals surface area contributed by atoms with Gasteiger partial charge >= 0.3 is 0 Å². The molecule has 3 rings (SSSR count). The Balaban J connectivity index is 1.67. The molecule has 1 amide bonds. The van der Waals surface area contributed by atoms with E-state index in [-0.39, 0.29) is 29.4 Å². The summed E-state index contributed by atoms with van der Waals surface area (Å²) < 4.78 is 7.60. The van der Waals surface area contributed by atoms with Crippen molar-refractivity contribution in [2.75, 3.05) is 6.61 Å². The van der Waals surface area contributed by atoms with Crippen molar-refractivity contribution in [2.45, 2.75) is 46.3 Å². The normalized spacial score (nSPS) is 31.7. The fourth-order valence-electron chi connectivity index (χ4n) is 3.77. The summed E-state index contributed by atoms with van der Waals surface area (Å²) in [5.41, 5.74) is 2.35. The van der Waals surface area contributed by atoms with Gasteiger partial charge in [0, 0.05) is 25.4 Å². The highest BCUT2D eigenvalue weighted by molar-refractivity contribution is 5.84. The maximum atomic E-state index is 12.7. The SMILES string of the molecule is CC(C)=C[C@@H]1[C@H](C(=O)N[C@H]2CCO[C@@H]2c2cnn(C)c2)C1(C)C. The highest BCUT2D eigenvalue weighted by Gasteiger charge is 2.60. The van der Waals surface area contributed by atoms with E-state index in [9.17, 15) is 4.79 Å². The van der Waals surface area contributed by atoms with Crippen molar-refractivity contribution in [3.63, 3.8) is 0 Å². The average Bonchev–Trinajstić information content (AvgIpc) is 2.86. The molecule has 2 fully saturated rings. The molecule has 2 heterocycles. The van der Waals surface area contributed by atoms with E-state index in [1.807, 2.05) is 19.4 Å². The molecule has 1 aromatic heterocycles. The molecular weight excluding hydrogens is 290 g/mol. The molecule has 1 saturated heterocycles. The highest BCUT2D eigenvalue weighted by Crippen LogP contribution is 2.59. The Hall–Kier alpha value is -1.62. The van der Waals surface area contributed by atoms with Crippen LogP contribution in [0.25, 0.3) is 0 Å². The first-order valence-corrected chi connectivity index (χ1v) is 8.36. The molecule has 0 aromatic carbocycles. The maximum Gasteiger partial charge on any atom is 0.224 e. The number of carbonyl (C=O) groups is 1. The van der Waals surface area contributed by atoms with Crippen molar-refractivity contribution < 1.29 is 9.53 Å². The van der Waals surface area contributed by atoms with Crippen molar-refractivity contribution in [2.24, 2.45) is 24.3 Å². The number of rotatable bonds is 4. The minimum atomic E-state index is -0.0867. The second kappa shape index (κ2) is 5.78. The summed E-state index contributed by atoms with van der Waals surface area (Å²) in [4.78, 5) is 12.7. The Kier molecular flexibility index (Phi) is 4.08. The standard InChI is InChI=1S/C18H27N3O2/c1-11(2)8-13-15(18(13,3)4)17(22)20-14-6-7-23-16(14)12-9-19-21(5)10-12/h8-10,13-16H,6-7H2,1-5H3,(H,20,22)/t13-,14+,15-,16-/m1/s1. The average molecular weight is 317 g/mol. The molecule has 23 heavy (non-hydrogen) atoms. The van der Waals surface area contributed by atoms with Gasteiger partial charge in [0.05, 0.1) is 18.2 Å². The molecule has 1 aliphatic carbocycles. The van der Waals surface area contributed by atoms with E-state index in [4.69, 9.17) is 4.74 Å². The second-order valence-electron chi connectivity index (χ2n) is 7.71. The Bertz CT molecular complexity index is 628. The molecule has 1 aliphatic heterocycles. The van der Waals surface area contributed by atoms with Gasteiger partial charge in [0.2, 0.25) is 5.91 Å². The van der Waals surface area contributed by atoms with Gasteiger partial charge in [-0.15, -0.1) is 0 Å². The lowest BCUT2D eigenvalue weighted by Crippen LogP contribution is -2.38. The zero-order valence-corrected chi connectivity index (χ0v) is 14.7. The minimum absolute atomic E-state index is 0.0375. The van der Waals surface area contributed by atoms with Crippen molar-refractivity contribution in [3.05, 3.63) is 29.6 Å². The third kappa shape index (κ3) is 3.07. The van der Waals surface area contributed by atoms with Crippen LogP contribution in [0, 0.1) is 17.3 Å². The third-order valence-electron chi connectivity index (χ3n) is 5.18. The number of aryl methyl sites for hydroxylation is 1. The van der Waals surface area contributed by atoms with Gasteiger partial charge in [-0.3, -0.25) is 9.48 Å². The van der Waals surface area contributed by atoms with E-state index in [1.165, 1.54) is 5.57 Å². The summed E-state index contributed by atoms with van der Waals surface area (Å²) in [6.45, 7) is 9.20. The van der Waals surface area contributed by atoms with Crippen LogP contribution in [0.15, 0.2) is 24.0 Å². The Labute approximate surface area is 138 Å². The maximum absolute atomic E-state index is 12.7. The topological polar surface area (TPSA) is 56.1 Å². The molecule has 0 bridgehead atoms. The van der Waals surface area contributed by atoms with Gasteiger partial charge in [0.25, 0.3) is 0 Å². The van der Waals surface area contributed by atoms with Crippen molar-refractivity contribution in [3.8, 4) is 0 Å². The lowest BCUT2D eigenvalue weighted by atomic mass is 10.0. The molecule has 0 unspecified atom stereocenters. The summed E-state index contributed by atoms with van der Waals surface area (Å²) >= 11 is 0. The molecule has 1 saturated carbocycles. The lowest BCUT2D eigenvalue weighted by Gasteiger charge is -2.19. The second-order valence-corrected chi connectivity index (χ2v) is 7.71. The smallest absolute Gasteiger partial charge is 0.224 e. The third-order valence-corrected chi connectivity index (χ3v) is 5.18. The van der Waals surface area contributed by atoms with Crippen LogP contribution in [-0.4, -0.2) is 28.3 Å². The number of nitrogens with zero attached hydrogens (tertiary/aromatic N) is 2. The molecule has 5 nitrogen and oxygen atoms in total. The largest absolute Gasteiger partial charge is 0.371 e. The van der Waals surface area contributed by atoms with Crippen molar-refractivity contribution in [1.82, 2.24) is 15.1 Å². The fourth-order valence-corrected chi connectivity index (χ4v) is 3.77. The molecule has 0 spiro atoms. The number of amides is 1. The van der Waals surface area contributed by atoms with Crippen molar-refractivity contribution >= 4 is 5.91 Å². The quantitative estimate of drug-likeness (QED) is 0.869. The Morgan fingerprint density at radius 1 is 1.48 bits per heavy atom. The minimum Gasteiger partial charge on any atom is -0.371 e. The van der Waals surface area contributed by atoms with E-state index < -0.39 is 0 Å². The van der Waals surface area contributed by atoms with Crippen LogP contribution in [0.1, 0.15) is 45.8 Å². The van der Waals surface area contributed by atoms with E-state index >= 15 is 0 Å². The van der Waals surface area contributed by atoms with Gasteiger partial charge in [-0.2, -0.15) is 5.10 Å². The molecular formula is C18H27N3O2. The first-order valence-electron chi connectivity index (χ1n) is 8.36. The number of aromatic nitrogens is 2. The van der Waals surface area contributed by atoms with Crippen LogP contribution in [0.4, 0.5) is 0 Å². The number of nitrogens with one attached hydrogen (secondary N) is 1. The monoisotopic (exact) mass is 317 g/mol. The Morgan fingerprint density at radius 3 is 2.83 bits per heavy atom. The van der Waals surface area contributed by atoms with Gasteiger partial charge < -0.3 is 10.1 Å². The number of hydrogen-bond acceptors (Lipinski definition) is 3. The predicted octanol–water partition coefficient (Wildman–Crippen LogP) is 2.60. The molecule has 2 aliphatic rings. The van der Waals surface area contributed by atoms with Gasteiger partial charge in [-0.05, 0) is 31.6 Å². The molecule has 4 atom stereocenters. The van der Waals surface area contributed by atoms with E-state index in [2.05, 4.69) is 44.2 Å². The van der Waals surface area contributed by atoms with Crippen LogP contribution in [0.3, 0.4) is 0 Å². The number of ether oxygens (including phenoxy) is 1. The summed E-state index contributed by atoms with van der Waals surface area (Å²) in [6, 6.07) is 0.0375. The summed E-state index contributed by atoms with van der Waals surface area (Å²) in [5, 5.41) is 7.43. The van der Waals surface area contributed by atoms with E-state index in [0.717, 1.165) is 12.0 Å².